The summed E-state index contributed by atoms with van der Waals surface area (Å²) in [6.45, 7) is 5.82. The van der Waals surface area contributed by atoms with Crippen molar-refractivity contribution in [2.24, 2.45) is 4.99 Å². The third kappa shape index (κ3) is 6.17. The lowest BCUT2D eigenvalue weighted by Crippen LogP contribution is -2.39. The minimum atomic E-state index is -3.28. The zero-order valence-corrected chi connectivity index (χ0v) is 16.2. The Morgan fingerprint density at radius 2 is 1.92 bits per heavy atom. The van der Waals surface area contributed by atoms with Gasteiger partial charge in [-0.05, 0) is 30.5 Å². The average Bonchev–Trinajstić information content (AvgIpc) is 3.15. The van der Waals surface area contributed by atoms with Gasteiger partial charge in [-0.1, -0.05) is 31.2 Å². The average molecular weight is 380 g/mol. The van der Waals surface area contributed by atoms with Crippen LogP contribution in [0.15, 0.2) is 57.7 Å². The molecule has 0 aliphatic rings. The number of nitrogens with one attached hydrogen (secondary N) is 2. The molecule has 0 bridgehead atoms. The van der Waals surface area contributed by atoms with Crippen LogP contribution in [0, 0.1) is 0 Å². The van der Waals surface area contributed by atoms with Crippen molar-refractivity contribution in [1.82, 2.24) is 10.6 Å². The van der Waals surface area contributed by atoms with Crippen LogP contribution in [0.2, 0.25) is 0 Å². The molecule has 136 valence electrons. The summed E-state index contributed by atoms with van der Waals surface area (Å²) in [4.78, 5) is 6.22. The third-order valence-electron chi connectivity index (χ3n) is 3.66. The number of hydrogen-bond donors (Lipinski definition) is 2. The summed E-state index contributed by atoms with van der Waals surface area (Å²) >= 11 is 1.73. The standard InChI is InChI=1S/C18H25N3O2S2/c1-3-19-18(21-14-15(2)17-10-7-12-24-17)20-11-13-25(22,23)16-8-5-4-6-9-16/h4-10,12,15H,3,11,13-14H2,1-2H3,(H2,19,20,21). The van der Waals surface area contributed by atoms with Crippen molar-refractivity contribution in [3.63, 3.8) is 0 Å². The molecule has 0 amide bonds. The van der Waals surface area contributed by atoms with Gasteiger partial charge in [0.2, 0.25) is 0 Å². The van der Waals surface area contributed by atoms with Crippen LogP contribution in [-0.2, 0) is 9.84 Å². The van der Waals surface area contributed by atoms with E-state index in [2.05, 4.69) is 34.0 Å². The van der Waals surface area contributed by atoms with E-state index >= 15 is 0 Å². The molecule has 1 atom stereocenters. The fraction of sp³-hybridized carbons (Fsp3) is 0.389. The minimum absolute atomic E-state index is 0.0297. The molecular weight excluding hydrogens is 354 g/mol. The third-order valence-corrected chi connectivity index (χ3v) is 6.50. The van der Waals surface area contributed by atoms with Crippen molar-refractivity contribution in [2.45, 2.75) is 24.7 Å². The fourth-order valence-corrected chi connectivity index (χ4v) is 4.24. The summed E-state index contributed by atoms with van der Waals surface area (Å²) in [5.41, 5.74) is 0. The number of benzene rings is 1. The Morgan fingerprint density at radius 3 is 2.56 bits per heavy atom. The molecule has 2 N–H and O–H groups in total. The molecular formula is C18H25N3O2S2. The number of thiophene rings is 1. The molecule has 0 saturated carbocycles. The van der Waals surface area contributed by atoms with Crippen molar-refractivity contribution in [1.29, 1.82) is 0 Å². The first-order valence-electron chi connectivity index (χ1n) is 8.36. The summed E-state index contributed by atoms with van der Waals surface area (Å²) < 4.78 is 24.6. The molecule has 25 heavy (non-hydrogen) atoms. The molecule has 0 spiro atoms. The second-order valence-corrected chi connectivity index (χ2v) is 8.78. The lowest BCUT2D eigenvalue weighted by molar-refractivity contribution is 0.594. The fourth-order valence-electron chi connectivity index (χ4n) is 2.28. The summed E-state index contributed by atoms with van der Waals surface area (Å²) in [6.07, 6.45) is 0. The Labute approximate surface area is 154 Å². The van der Waals surface area contributed by atoms with E-state index in [1.165, 1.54) is 4.88 Å². The number of rotatable bonds is 8. The monoisotopic (exact) mass is 379 g/mol. The van der Waals surface area contributed by atoms with E-state index in [1.54, 1.807) is 35.6 Å². The first-order valence-corrected chi connectivity index (χ1v) is 10.9. The van der Waals surface area contributed by atoms with Gasteiger partial charge in [0.05, 0.1) is 17.2 Å². The highest BCUT2D eigenvalue weighted by Gasteiger charge is 2.13. The van der Waals surface area contributed by atoms with Gasteiger partial charge in [-0.15, -0.1) is 11.3 Å². The predicted molar refractivity (Wildman–Crippen MR) is 105 cm³/mol. The van der Waals surface area contributed by atoms with Crippen molar-refractivity contribution in [3.05, 3.63) is 52.7 Å². The number of nitrogens with zero attached hydrogens (tertiary/aromatic N) is 1. The summed E-state index contributed by atoms with van der Waals surface area (Å²) in [6, 6.07) is 12.7. The Hall–Kier alpha value is -1.86. The summed E-state index contributed by atoms with van der Waals surface area (Å²) in [5.74, 6) is 1.01. The lowest BCUT2D eigenvalue weighted by Gasteiger charge is -2.13. The Morgan fingerprint density at radius 1 is 1.16 bits per heavy atom. The van der Waals surface area contributed by atoms with Crippen LogP contribution in [0.4, 0.5) is 0 Å². The zero-order valence-electron chi connectivity index (χ0n) is 14.6. The molecule has 0 radical (unpaired) electrons. The van der Waals surface area contributed by atoms with Crippen LogP contribution in [0.1, 0.15) is 24.6 Å². The van der Waals surface area contributed by atoms with Crippen LogP contribution >= 0.6 is 11.3 Å². The highest BCUT2D eigenvalue weighted by molar-refractivity contribution is 7.91. The van der Waals surface area contributed by atoms with Crippen molar-refractivity contribution < 1.29 is 8.42 Å². The molecule has 1 heterocycles. The Bertz CT molecular complexity index is 757. The Kier molecular flexibility index (Phi) is 7.46. The number of hydrogen-bond acceptors (Lipinski definition) is 4. The largest absolute Gasteiger partial charge is 0.357 e. The van der Waals surface area contributed by atoms with E-state index in [0.717, 1.165) is 6.54 Å². The van der Waals surface area contributed by atoms with E-state index in [4.69, 9.17) is 0 Å². The maximum absolute atomic E-state index is 12.3. The van der Waals surface area contributed by atoms with E-state index in [1.807, 2.05) is 19.1 Å². The lowest BCUT2D eigenvalue weighted by atomic mass is 10.1. The first kappa shape index (κ1) is 19.5. The van der Waals surface area contributed by atoms with Gasteiger partial charge in [0, 0.05) is 23.9 Å². The minimum Gasteiger partial charge on any atom is -0.357 e. The van der Waals surface area contributed by atoms with Crippen molar-refractivity contribution >= 4 is 27.1 Å². The van der Waals surface area contributed by atoms with E-state index < -0.39 is 9.84 Å². The SMILES string of the molecule is CCNC(=NCC(C)c1cccs1)NCCS(=O)(=O)c1ccccc1. The predicted octanol–water partition coefficient (Wildman–Crippen LogP) is 2.88. The number of sulfone groups is 1. The quantitative estimate of drug-likeness (QED) is 0.546. The van der Waals surface area contributed by atoms with Crippen molar-refractivity contribution in [2.75, 3.05) is 25.4 Å². The second kappa shape index (κ2) is 9.58. The first-order chi connectivity index (χ1) is 12.0. The molecule has 0 fully saturated rings. The molecule has 0 aliphatic carbocycles. The van der Waals surface area contributed by atoms with Gasteiger partial charge in [-0.2, -0.15) is 0 Å². The highest BCUT2D eigenvalue weighted by Crippen LogP contribution is 2.20. The molecule has 0 saturated heterocycles. The Balaban J connectivity index is 1.90. The zero-order chi connectivity index (χ0) is 18.1. The summed E-state index contributed by atoms with van der Waals surface area (Å²) in [5, 5.41) is 8.33. The van der Waals surface area contributed by atoms with Gasteiger partial charge in [0.15, 0.2) is 15.8 Å². The highest BCUT2D eigenvalue weighted by atomic mass is 32.2. The van der Waals surface area contributed by atoms with Gasteiger partial charge in [-0.25, -0.2) is 8.42 Å². The molecule has 7 heteroatoms. The molecule has 2 rings (SSSR count). The van der Waals surface area contributed by atoms with E-state index in [-0.39, 0.29) is 5.75 Å². The molecule has 0 aliphatic heterocycles. The van der Waals surface area contributed by atoms with E-state index in [0.29, 0.717) is 29.9 Å². The molecule has 1 aromatic carbocycles. The van der Waals surface area contributed by atoms with Gasteiger partial charge in [-0.3, -0.25) is 4.99 Å². The molecule has 1 unspecified atom stereocenters. The number of aliphatic imine (C=N–C) groups is 1. The van der Waals surface area contributed by atoms with Gasteiger partial charge < -0.3 is 10.6 Å². The summed E-state index contributed by atoms with van der Waals surface area (Å²) in [7, 11) is -3.28. The van der Waals surface area contributed by atoms with Crippen molar-refractivity contribution in [3.8, 4) is 0 Å². The second-order valence-electron chi connectivity index (χ2n) is 5.69. The molecule has 2 aromatic rings. The van der Waals surface area contributed by atoms with Crippen LogP contribution in [0.25, 0.3) is 0 Å². The normalized spacial score (nSPS) is 13.4. The number of guanidine groups is 1. The van der Waals surface area contributed by atoms with Gasteiger partial charge >= 0.3 is 0 Å². The maximum Gasteiger partial charge on any atom is 0.191 e. The van der Waals surface area contributed by atoms with Crippen LogP contribution in [0.5, 0.6) is 0 Å². The smallest absolute Gasteiger partial charge is 0.191 e. The maximum atomic E-state index is 12.3. The van der Waals surface area contributed by atoms with Crippen LogP contribution < -0.4 is 10.6 Å². The molecule has 1 aromatic heterocycles. The van der Waals surface area contributed by atoms with Gasteiger partial charge in [0.1, 0.15) is 0 Å². The van der Waals surface area contributed by atoms with Gasteiger partial charge in [0.25, 0.3) is 0 Å². The van der Waals surface area contributed by atoms with Crippen LogP contribution in [0.3, 0.4) is 0 Å². The molecule has 5 nitrogen and oxygen atoms in total. The van der Waals surface area contributed by atoms with Crippen LogP contribution in [-0.4, -0.2) is 39.8 Å². The van der Waals surface area contributed by atoms with E-state index in [9.17, 15) is 8.42 Å². The topological polar surface area (TPSA) is 70.6 Å².